The Morgan fingerprint density at radius 2 is 1.85 bits per heavy atom. The lowest BCUT2D eigenvalue weighted by atomic mass is 9.94. The number of nitrogens with two attached hydrogens (primary N) is 2. The average molecular weight is 280 g/mol. The molecule has 6 nitrogen and oxygen atoms in total. The van der Waals surface area contributed by atoms with Gasteiger partial charge < -0.3 is 30.4 Å². The third-order valence-corrected chi connectivity index (χ3v) is 3.81. The Hall–Kier alpha value is -1.02. The van der Waals surface area contributed by atoms with Crippen LogP contribution in [0.4, 0.5) is 0 Å². The van der Waals surface area contributed by atoms with Crippen molar-refractivity contribution >= 4 is 0 Å². The van der Waals surface area contributed by atoms with Gasteiger partial charge in [0.1, 0.15) is 12.2 Å². The molecule has 20 heavy (non-hydrogen) atoms. The monoisotopic (exact) mass is 280 g/mol. The molecule has 0 radical (unpaired) electrons. The molecule has 6 heteroatoms. The van der Waals surface area contributed by atoms with Gasteiger partial charge in [-0.15, -0.1) is 0 Å². The van der Waals surface area contributed by atoms with Gasteiger partial charge in [-0.1, -0.05) is 30.3 Å². The molecule has 4 N–H and O–H groups in total. The fourth-order valence-corrected chi connectivity index (χ4v) is 2.66. The third-order valence-electron chi connectivity index (χ3n) is 3.81. The lowest BCUT2D eigenvalue weighted by Crippen LogP contribution is -2.67. The van der Waals surface area contributed by atoms with Gasteiger partial charge in [-0.25, -0.2) is 0 Å². The van der Waals surface area contributed by atoms with Crippen LogP contribution in [-0.4, -0.2) is 44.3 Å². The highest BCUT2D eigenvalue weighted by atomic mass is 16.7. The van der Waals surface area contributed by atoms with Crippen LogP contribution in [0, 0.1) is 0 Å². The lowest BCUT2D eigenvalue weighted by Gasteiger charge is -2.47. The quantitative estimate of drug-likeness (QED) is 0.800. The van der Waals surface area contributed by atoms with E-state index in [4.69, 9.17) is 30.4 Å². The first-order chi connectivity index (χ1) is 9.70. The molecule has 6 atom stereocenters. The summed E-state index contributed by atoms with van der Waals surface area (Å²) in [5, 5.41) is 0. The van der Waals surface area contributed by atoms with Crippen LogP contribution in [0.15, 0.2) is 30.3 Å². The summed E-state index contributed by atoms with van der Waals surface area (Å²) < 4.78 is 22.6. The second kappa shape index (κ2) is 5.77. The summed E-state index contributed by atoms with van der Waals surface area (Å²) in [7, 11) is 1.55. The second-order valence-electron chi connectivity index (χ2n) is 5.11. The van der Waals surface area contributed by atoms with Crippen LogP contribution in [0.5, 0.6) is 0 Å². The Morgan fingerprint density at radius 3 is 2.55 bits per heavy atom. The van der Waals surface area contributed by atoms with Gasteiger partial charge in [0.2, 0.25) is 0 Å². The molecule has 110 valence electrons. The van der Waals surface area contributed by atoms with Crippen molar-refractivity contribution in [3.05, 3.63) is 35.9 Å². The highest BCUT2D eigenvalue weighted by Gasteiger charge is 2.47. The summed E-state index contributed by atoms with van der Waals surface area (Å²) in [5.41, 5.74) is 13.2. The standard InChI is InChI=1S/C14H20N2O4/c1-17-14-11(16)10(15)12-9(19-14)7-18-13(20-12)8-5-3-2-4-6-8/h2-6,9-14H,7,15-16H2,1H3/t9-,10-,11-,12-,13-,14-/m1/s1. The predicted molar refractivity (Wildman–Crippen MR) is 71.6 cm³/mol. The van der Waals surface area contributed by atoms with E-state index in [1.807, 2.05) is 30.3 Å². The molecule has 2 heterocycles. The summed E-state index contributed by atoms with van der Waals surface area (Å²) >= 11 is 0. The molecule has 3 rings (SSSR count). The molecule has 0 spiro atoms. The van der Waals surface area contributed by atoms with Crippen LogP contribution in [0.2, 0.25) is 0 Å². The third kappa shape index (κ3) is 2.46. The molecule has 0 unspecified atom stereocenters. The second-order valence-corrected chi connectivity index (χ2v) is 5.11. The summed E-state index contributed by atoms with van der Waals surface area (Å²) in [6, 6.07) is 8.97. The highest BCUT2D eigenvalue weighted by molar-refractivity contribution is 5.16. The zero-order valence-corrected chi connectivity index (χ0v) is 11.3. The number of fused-ring (bicyclic) bond motifs is 1. The number of ether oxygens (including phenoxy) is 4. The molecule has 2 aliphatic rings. The Morgan fingerprint density at radius 1 is 1.10 bits per heavy atom. The first kappa shape index (κ1) is 13.9. The van der Waals surface area contributed by atoms with Gasteiger partial charge >= 0.3 is 0 Å². The summed E-state index contributed by atoms with van der Waals surface area (Å²) in [4.78, 5) is 0. The van der Waals surface area contributed by atoms with Crippen LogP contribution < -0.4 is 11.5 Å². The molecular weight excluding hydrogens is 260 g/mol. The van der Waals surface area contributed by atoms with Gasteiger partial charge in [-0.2, -0.15) is 0 Å². The van der Waals surface area contributed by atoms with E-state index in [1.54, 1.807) is 7.11 Å². The van der Waals surface area contributed by atoms with Crippen molar-refractivity contribution in [2.75, 3.05) is 13.7 Å². The maximum atomic E-state index is 6.17. The van der Waals surface area contributed by atoms with Gasteiger partial charge in [0.25, 0.3) is 0 Å². The van der Waals surface area contributed by atoms with Crippen LogP contribution in [0.25, 0.3) is 0 Å². The Labute approximate surface area is 117 Å². The van der Waals surface area contributed by atoms with Gasteiger partial charge in [-0.3, -0.25) is 0 Å². The summed E-state index contributed by atoms with van der Waals surface area (Å²) in [6.07, 6.45) is -1.50. The number of benzene rings is 1. The molecule has 0 amide bonds. The van der Waals surface area contributed by atoms with Crippen molar-refractivity contribution in [2.45, 2.75) is 36.9 Å². The Kier molecular flexibility index (Phi) is 4.02. The van der Waals surface area contributed by atoms with E-state index in [-0.39, 0.29) is 18.2 Å². The lowest BCUT2D eigenvalue weighted by molar-refractivity contribution is -0.321. The normalized spacial score (nSPS) is 41.1. The molecule has 0 bridgehead atoms. The zero-order valence-electron chi connectivity index (χ0n) is 11.3. The van der Waals surface area contributed by atoms with Crippen molar-refractivity contribution in [3.63, 3.8) is 0 Å². The molecule has 1 aromatic rings. The van der Waals surface area contributed by atoms with E-state index in [0.29, 0.717) is 6.61 Å². The first-order valence-electron chi connectivity index (χ1n) is 6.72. The first-order valence-corrected chi connectivity index (χ1v) is 6.72. The van der Waals surface area contributed by atoms with Crippen LogP contribution in [0.1, 0.15) is 11.9 Å². The van der Waals surface area contributed by atoms with Gasteiger partial charge in [0.15, 0.2) is 12.6 Å². The summed E-state index contributed by atoms with van der Waals surface area (Å²) in [6.45, 7) is 0.407. The zero-order chi connectivity index (χ0) is 14.1. The van der Waals surface area contributed by atoms with Crippen molar-refractivity contribution in [3.8, 4) is 0 Å². The minimum absolute atomic E-state index is 0.255. The van der Waals surface area contributed by atoms with E-state index in [1.165, 1.54) is 0 Å². The van der Waals surface area contributed by atoms with Crippen LogP contribution in [0.3, 0.4) is 0 Å². The summed E-state index contributed by atoms with van der Waals surface area (Å²) in [5.74, 6) is 0. The topological polar surface area (TPSA) is 89.0 Å². The van der Waals surface area contributed by atoms with E-state index >= 15 is 0 Å². The number of hydrogen-bond acceptors (Lipinski definition) is 6. The molecule has 2 saturated heterocycles. The van der Waals surface area contributed by atoms with Crippen molar-refractivity contribution in [1.82, 2.24) is 0 Å². The molecular formula is C14H20N2O4. The predicted octanol–water partition coefficient (Wildman–Crippen LogP) is 0.127. The van der Waals surface area contributed by atoms with E-state index < -0.39 is 18.6 Å². The van der Waals surface area contributed by atoms with E-state index in [0.717, 1.165) is 5.56 Å². The van der Waals surface area contributed by atoms with Gasteiger partial charge in [0.05, 0.1) is 18.7 Å². The minimum atomic E-state index is -0.522. The number of methoxy groups -OCH3 is 1. The highest BCUT2D eigenvalue weighted by Crippen LogP contribution is 2.32. The fourth-order valence-electron chi connectivity index (χ4n) is 2.66. The van der Waals surface area contributed by atoms with Crippen molar-refractivity contribution in [2.24, 2.45) is 11.5 Å². The Balaban J connectivity index is 1.74. The van der Waals surface area contributed by atoms with Crippen LogP contribution in [-0.2, 0) is 18.9 Å². The molecule has 0 saturated carbocycles. The van der Waals surface area contributed by atoms with Crippen molar-refractivity contribution < 1.29 is 18.9 Å². The number of hydrogen-bond donors (Lipinski definition) is 2. The van der Waals surface area contributed by atoms with Crippen molar-refractivity contribution in [1.29, 1.82) is 0 Å². The SMILES string of the molecule is CO[C@@H]1O[C@@H]2CO[C@@H](c3ccccc3)O[C@H]2[C@H](N)[C@H]1N. The Bertz CT molecular complexity index is 442. The molecule has 2 fully saturated rings. The van der Waals surface area contributed by atoms with Crippen LogP contribution >= 0.6 is 0 Å². The largest absolute Gasteiger partial charge is 0.354 e. The van der Waals surface area contributed by atoms with Gasteiger partial charge in [-0.05, 0) is 0 Å². The smallest absolute Gasteiger partial charge is 0.184 e. The average Bonchev–Trinajstić information content (AvgIpc) is 2.51. The molecule has 1 aromatic carbocycles. The minimum Gasteiger partial charge on any atom is -0.354 e. The van der Waals surface area contributed by atoms with Gasteiger partial charge in [0, 0.05) is 12.7 Å². The van der Waals surface area contributed by atoms with E-state index in [9.17, 15) is 0 Å². The molecule has 2 aliphatic heterocycles. The number of rotatable bonds is 2. The molecule has 0 aromatic heterocycles. The fraction of sp³-hybridized carbons (Fsp3) is 0.571. The maximum absolute atomic E-state index is 6.17. The molecule has 0 aliphatic carbocycles. The maximum Gasteiger partial charge on any atom is 0.184 e. The van der Waals surface area contributed by atoms with E-state index in [2.05, 4.69) is 0 Å².